The van der Waals surface area contributed by atoms with Crippen molar-refractivity contribution in [1.82, 2.24) is 9.88 Å². The number of anilines is 3. The maximum atomic E-state index is 13.6. The minimum absolute atomic E-state index is 0.00517. The molecule has 31 heavy (non-hydrogen) atoms. The molecule has 0 saturated carbocycles. The predicted molar refractivity (Wildman–Crippen MR) is 119 cm³/mol. The first-order chi connectivity index (χ1) is 14.7. The van der Waals surface area contributed by atoms with Crippen LogP contribution in [0.15, 0.2) is 24.3 Å². The Morgan fingerprint density at radius 3 is 2.68 bits per heavy atom. The summed E-state index contributed by atoms with van der Waals surface area (Å²) in [6.07, 6.45) is 0. The highest BCUT2D eigenvalue weighted by atomic mass is 35.5. The second kappa shape index (κ2) is 8.00. The third kappa shape index (κ3) is 3.92. The van der Waals surface area contributed by atoms with Gasteiger partial charge in [0, 0.05) is 31.8 Å². The molecule has 1 atom stereocenters. The summed E-state index contributed by atoms with van der Waals surface area (Å²) in [5.41, 5.74) is 2.65. The zero-order valence-electron chi connectivity index (χ0n) is 17.9. The maximum absolute atomic E-state index is 13.6. The normalized spacial score (nSPS) is 18.5. The van der Waals surface area contributed by atoms with Crippen molar-refractivity contribution >= 4 is 40.6 Å². The zero-order chi connectivity index (χ0) is 22.4. The Balaban J connectivity index is 1.45. The van der Waals surface area contributed by atoms with E-state index >= 15 is 0 Å². The van der Waals surface area contributed by atoms with Crippen LogP contribution in [0.1, 0.15) is 29.9 Å². The largest absolute Gasteiger partial charge is 0.364 e. The molecule has 7 nitrogen and oxygen atoms in total. The predicted octanol–water partition coefficient (Wildman–Crippen LogP) is 3.53. The Labute approximate surface area is 185 Å². The Morgan fingerprint density at radius 1 is 1.32 bits per heavy atom. The summed E-state index contributed by atoms with van der Waals surface area (Å²) in [6.45, 7) is 6.88. The topological polar surface area (TPSA) is 77.6 Å². The number of nitrogens with one attached hydrogen (secondary N) is 2. The number of likely N-dealkylation sites (N-methyl/N-ethyl adjacent to an activating group) is 1. The number of pyridine rings is 1. The van der Waals surface area contributed by atoms with Crippen LogP contribution < -0.4 is 15.5 Å². The van der Waals surface area contributed by atoms with Gasteiger partial charge in [0.1, 0.15) is 17.7 Å². The van der Waals surface area contributed by atoms with Crippen LogP contribution in [0.5, 0.6) is 0 Å². The average molecular weight is 446 g/mol. The summed E-state index contributed by atoms with van der Waals surface area (Å²) in [5, 5.41) is 6.34. The highest BCUT2D eigenvalue weighted by Gasteiger charge is 2.35. The van der Waals surface area contributed by atoms with Gasteiger partial charge >= 0.3 is 0 Å². The molecule has 1 aromatic heterocycles. The number of hydrogen-bond acceptors (Lipinski definition) is 5. The summed E-state index contributed by atoms with van der Waals surface area (Å²) in [4.78, 5) is 33.2. The van der Waals surface area contributed by atoms with Gasteiger partial charge in [-0.15, -0.1) is 0 Å². The van der Waals surface area contributed by atoms with Gasteiger partial charge in [-0.2, -0.15) is 0 Å². The van der Waals surface area contributed by atoms with Gasteiger partial charge in [0.05, 0.1) is 28.1 Å². The molecule has 2 aromatic rings. The van der Waals surface area contributed by atoms with E-state index in [-0.39, 0.29) is 40.4 Å². The summed E-state index contributed by atoms with van der Waals surface area (Å²) in [5.74, 6) is -0.0106. The third-order valence-corrected chi connectivity index (χ3v) is 6.12. The first-order valence-electron chi connectivity index (χ1n) is 10.2. The highest BCUT2D eigenvalue weighted by molar-refractivity contribution is 6.30. The lowest BCUT2D eigenvalue weighted by molar-refractivity contribution is -0.118. The Morgan fingerprint density at radius 2 is 2.03 bits per heavy atom. The number of aromatic nitrogens is 1. The van der Waals surface area contributed by atoms with Crippen molar-refractivity contribution < 1.29 is 14.0 Å². The number of amides is 2. The van der Waals surface area contributed by atoms with E-state index in [0.29, 0.717) is 18.9 Å². The van der Waals surface area contributed by atoms with Gasteiger partial charge in [0.15, 0.2) is 0 Å². The number of aryl methyl sites for hydroxylation is 1. The Kier molecular flexibility index (Phi) is 5.51. The molecule has 0 radical (unpaired) electrons. The van der Waals surface area contributed by atoms with E-state index in [9.17, 15) is 14.0 Å². The first kappa shape index (κ1) is 21.4. The van der Waals surface area contributed by atoms with Crippen LogP contribution in [-0.2, 0) is 4.79 Å². The second-order valence-electron chi connectivity index (χ2n) is 8.46. The number of carbonyl (C=O) groups excluding carboxylic acids is 2. The van der Waals surface area contributed by atoms with Gasteiger partial charge in [-0.1, -0.05) is 25.4 Å². The molecule has 2 aliphatic heterocycles. The van der Waals surface area contributed by atoms with Gasteiger partial charge in [-0.25, -0.2) is 9.37 Å². The standard InChI is InChI=1S/C22H25ClFN5O2/c1-11(2)20-21(30)27-19-12(3)25-18(8-17(19)28(20)4)26-14-9-29(10-14)22(31)13-5-6-15(23)16(24)7-13/h5-8,11,14,20H,9-10H2,1-4H3,(H,25,26)(H,27,30)/t20-/m0/s1. The smallest absolute Gasteiger partial charge is 0.254 e. The number of hydrogen-bond donors (Lipinski definition) is 2. The number of fused-ring (bicyclic) bond motifs is 1. The number of nitrogens with zero attached hydrogens (tertiary/aromatic N) is 3. The fraction of sp³-hybridized carbons (Fsp3) is 0.409. The average Bonchev–Trinajstić information content (AvgIpc) is 2.67. The quantitative estimate of drug-likeness (QED) is 0.752. The molecule has 2 aliphatic rings. The number of benzene rings is 1. The minimum Gasteiger partial charge on any atom is -0.364 e. The van der Waals surface area contributed by atoms with Crippen LogP contribution in [-0.4, -0.2) is 53.9 Å². The molecule has 0 aliphatic carbocycles. The zero-order valence-corrected chi connectivity index (χ0v) is 18.6. The van der Waals surface area contributed by atoms with E-state index in [1.54, 1.807) is 4.90 Å². The van der Waals surface area contributed by atoms with Gasteiger partial charge in [-0.05, 0) is 31.0 Å². The van der Waals surface area contributed by atoms with E-state index in [2.05, 4.69) is 15.6 Å². The molecule has 1 aromatic carbocycles. The number of likely N-dealkylation sites (tertiary alicyclic amines) is 1. The van der Waals surface area contributed by atoms with E-state index in [1.165, 1.54) is 12.1 Å². The SMILES string of the molecule is Cc1nc(NC2CN(C(=O)c3ccc(Cl)c(F)c3)C2)cc2c1NC(=O)[C@H](C(C)C)N2C. The molecule has 1 fully saturated rings. The van der Waals surface area contributed by atoms with Crippen molar-refractivity contribution in [3.63, 3.8) is 0 Å². The maximum Gasteiger partial charge on any atom is 0.254 e. The summed E-state index contributed by atoms with van der Waals surface area (Å²) >= 11 is 5.69. The van der Waals surface area contributed by atoms with Gasteiger partial charge in [0.2, 0.25) is 5.91 Å². The van der Waals surface area contributed by atoms with Crippen molar-refractivity contribution in [3.8, 4) is 0 Å². The Hall–Kier alpha value is -2.87. The van der Waals surface area contributed by atoms with Crippen molar-refractivity contribution in [2.75, 3.05) is 35.7 Å². The highest BCUT2D eigenvalue weighted by Crippen LogP contribution is 2.37. The van der Waals surface area contributed by atoms with Crippen molar-refractivity contribution in [1.29, 1.82) is 0 Å². The minimum atomic E-state index is -0.604. The second-order valence-corrected chi connectivity index (χ2v) is 8.86. The monoisotopic (exact) mass is 445 g/mol. The van der Waals surface area contributed by atoms with Crippen LogP contribution in [0.3, 0.4) is 0 Å². The van der Waals surface area contributed by atoms with E-state index in [0.717, 1.165) is 23.1 Å². The molecule has 0 unspecified atom stereocenters. The lowest BCUT2D eigenvalue weighted by atomic mass is 9.98. The summed E-state index contributed by atoms with van der Waals surface area (Å²) in [6, 6.07) is 5.79. The lowest BCUT2D eigenvalue weighted by Crippen LogP contribution is -2.57. The van der Waals surface area contributed by atoms with Gasteiger partial charge < -0.3 is 20.4 Å². The molecule has 0 bridgehead atoms. The third-order valence-electron chi connectivity index (χ3n) is 5.81. The molecule has 2 amide bonds. The van der Waals surface area contributed by atoms with Crippen LogP contribution >= 0.6 is 11.6 Å². The van der Waals surface area contributed by atoms with Crippen LogP contribution in [0.25, 0.3) is 0 Å². The molecule has 0 spiro atoms. The first-order valence-corrected chi connectivity index (χ1v) is 10.6. The van der Waals surface area contributed by atoms with Gasteiger partial charge in [0.25, 0.3) is 5.91 Å². The molecule has 164 valence electrons. The van der Waals surface area contributed by atoms with Crippen molar-refractivity contribution in [2.45, 2.75) is 32.9 Å². The molecule has 2 N–H and O–H groups in total. The summed E-state index contributed by atoms with van der Waals surface area (Å²) < 4.78 is 13.6. The lowest BCUT2D eigenvalue weighted by Gasteiger charge is -2.41. The van der Waals surface area contributed by atoms with Crippen LogP contribution in [0, 0.1) is 18.7 Å². The number of carbonyl (C=O) groups is 2. The van der Waals surface area contributed by atoms with Gasteiger partial charge in [-0.3, -0.25) is 9.59 Å². The van der Waals surface area contributed by atoms with E-state index in [1.807, 2.05) is 38.8 Å². The molecular weight excluding hydrogens is 421 g/mol. The fourth-order valence-corrected chi connectivity index (χ4v) is 4.31. The number of rotatable bonds is 4. The van der Waals surface area contributed by atoms with E-state index < -0.39 is 5.82 Å². The molecule has 4 rings (SSSR count). The van der Waals surface area contributed by atoms with Crippen molar-refractivity contribution in [3.05, 3.63) is 46.4 Å². The molecule has 1 saturated heterocycles. The number of halogens is 2. The molecule has 3 heterocycles. The molecule has 9 heteroatoms. The fourth-order valence-electron chi connectivity index (χ4n) is 4.19. The van der Waals surface area contributed by atoms with Crippen molar-refractivity contribution in [2.24, 2.45) is 5.92 Å². The van der Waals surface area contributed by atoms with Crippen LogP contribution in [0.2, 0.25) is 5.02 Å². The van der Waals surface area contributed by atoms with Crippen LogP contribution in [0.4, 0.5) is 21.6 Å². The van der Waals surface area contributed by atoms with E-state index in [4.69, 9.17) is 11.6 Å². The summed E-state index contributed by atoms with van der Waals surface area (Å²) in [7, 11) is 1.92. The Bertz CT molecular complexity index is 1050. The molecular formula is C22H25ClFN5O2.